The molecule has 0 saturated heterocycles. The number of carbonyl (C=O) groups is 1. The van der Waals surface area contributed by atoms with Crippen LogP contribution < -0.4 is 5.32 Å². The Morgan fingerprint density at radius 2 is 2.25 bits per heavy atom. The highest BCUT2D eigenvalue weighted by molar-refractivity contribution is 9.10. The van der Waals surface area contributed by atoms with Gasteiger partial charge < -0.3 is 5.32 Å². The Morgan fingerprint density at radius 1 is 1.56 bits per heavy atom. The van der Waals surface area contributed by atoms with E-state index in [0.717, 1.165) is 15.9 Å². The molecule has 0 atom stereocenters. The van der Waals surface area contributed by atoms with E-state index < -0.39 is 0 Å². The second-order valence-corrected chi connectivity index (χ2v) is 6.03. The topological polar surface area (TPSA) is 29.1 Å². The fourth-order valence-corrected chi connectivity index (χ4v) is 2.10. The molecule has 2 rings (SSSR count). The first-order chi connectivity index (χ1) is 7.50. The van der Waals surface area contributed by atoms with Crippen LogP contribution in [0.4, 0.5) is 0 Å². The van der Waals surface area contributed by atoms with Gasteiger partial charge in [0.15, 0.2) is 0 Å². The lowest BCUT2D eigenvalue weighted by Gasteiger charge is -2.11. The fourth-order valence-electron chi connectivity index (χ4n) is 1.47. The molecule has 4 heteroatoms. The second kappa shape index (κ2) is 4.41. The quantitative estimate of drug-likeness (QED) is 0.824. The zero-order valence-corrected chi connectivity index (χ0v) is 11.6. The monoisotopic (exact) mass is 299 g/mol. The molecule has 86 valence electrons. The zero-order chi connectivity index (χ0) is 11.8. The van der Waals surface area contributed by atoms with Crippen molar-refractivity contribution in [3.8, 4) is 0 Å². The summed E-state index contributed by atoms with van der Waals surface area (Å²) in [5.74, 6) is -0.0316. The van der Waals surface area contributed by atoms with Gasteiger partial charge in [-0.15, -0.1) is 12.6 Å². The molecule has 0 heterocycles. The van der Waals surface area contributed by atoms with Crippen LogP contribution >= 0.6 is 28.6 Å². The van der Waals surface area contributed by atoms with E-state index in [-0.39, 0.29) is 5.91 Å². The first-order valence-electron chi connectivity index (χ1n) is 5.27. The van der Waals surface area contributed by atoms with Crippen LogP contribution in [0.2, 0.25) is 0 Å². The number of nitrogens with one attached hydrogen (secondary N) is 1. The van der Waals surface area contributed by atoms with Crippen molar-refractivity contribution in [3.05, 3.63) is 28.2 Å². The van der Waals surface area contributed by atoms with Gasteiger partial charge in [-0.1, -0.05) is 6.92 Å². The molecule has 0 unspecified atom stereocenters. The molecule has 1 N–H and O–H groups in total. The van der Waals surface area contributed by atoms with Crippen molar-refractivity contribution in [2.24, 2.45) is 5.41 Å². The van der Waals surface area contributed by atoms with Crippen LogP contribution in [0.25, 0.3) is 0 Å². The van der Waals surface area contributed by atoms with Crippen LogP contribution in [0.15, 0.2) is 27.6 Å². The molecule has 0 aromatic heterocycles. The molecule has 1 aromatic rings. The Hall–Kier alpha value is -0.480. The highest BCUT2D eigenvalue weighted by Gasteiger charge is 2.37. The minimum atomic E-state index is -0.0316. The molecule has 1 aromatic carbocycles. The van der Waals surface area contributed by atoms with E-state index in [4.69, 9.17) is 0 Å². The SMILES string of the molecule is CC1(CNC(=O)c2cc(S)ccc2Br)CC1. The van der Waals surface area contributed by atoms with E-state index in [9.17, 15) is 4.79 Å². The molecule has 1 aliphatic rings. The van der Waals surface area contributed by atoms with E-state index in [1.165, 1.54) is 12.8 Å². The predicted octanol–water partition coefficient (Wildman–Crippen LogP) is 3.27. The maximum absolute atomic E-state index is 11.9. The van der Waals surface area contributed by atoms with E-state index in [0.29, 0.717) is 11.0 Å². The molecule has 1 amide bonds. The lowest BCUT2D eigenvalue weighted by atomic mass is 10.1. The van der Waals surface area contributed by atoms with Crippen LogP contribution in [-0.4, -0.2) is 12.5 Å². The Morgan fingerprint density at radius 3 is 2.88 bits per heavy atom. The van der Waals surface area contributed by atoms with Crippen LogP contribution in [0, 0.1) is 5.41 Å². The highest BCUT2D eigenvalue weighted by atomic mass is 79.9. The van der Waals surface area contributed by atoms with Gasteiger partial charge in [0, 0.05) is 15.9 Å². The third-order valence-electron chi connectivity index (χ3n) is 2.97. The van der Waals surface area contributed by atoms with E-state index in [2.05, 4.69) is 40.8 Å². The molecule has 0 aliphatic heterocycles. The van der Waals surface area contributed by atoms with Gasteiger partial charge >= 0.3 is 0 Å². The molecule has 16 heavy (non-hydrogen) atoms. The Balaban J connectivity index is 2.05. The molecule has 1 saturated carbocycles. The van der Waals surface area contributed by atoms with Crippen molar-refractivity contribution in [3.63, 3.8) is 0 Å². The summed E-state index contributed by atoms with van der Waals surface area (Å²) in [6.45, 7) is 2.95. The Bertz CT molecular complexity index is 429. The van der Waals surface area contributed by atoms with Crippen molar-refractivity contribution >= 4 is 34.5 Å². The summed E-state index contributed by atoms with van der Waals surface area (Å²) in [4.78, 5) is 12.7. The van der Waals surface area contributed by atoms with Gasteiger partial charge in [-0.2, -0.15) is 0 Å². The number of benzene rings is 1. The lowest BCUT2D eigenvalue weighted by Crippen LogP contribution is -2.29. The number of halogens is 1. The zero-order valence-electron chi connectivity index (χ0n) is 9.09. The van der Waals surface area contributed by atoms with Crippen molar-refractivity contribution in [2.45, 2.75) is 24.7 Å². The van der Waals surface area contributed by atoms with Crippen LogP contribution in [0.3, 0.4) is 0 Å². The van der Waals surface area contributed by atoms with Crippen molar-refractivity contribution in [1.29, 1.82) is 0 Å². The third-order valence-corrected chi connectivity index (χ3v) is 3.94. The number of hydrogen-bond donors (Lipinski definition) is 2. The van der Waals surface area contributed by atoms with E-state index in [1.54, 1.807) is 6.07 Å². The minimum absolute atomic E-state index is 0.0316. The lowest BCUT2D eigenvalue weighted by molar-refractivity contribution is 0.0945. The molecule has 0 bridgehead atoms. The summed E-state index contributed by atoms with van der Waals surface area (Å²) in [7, 11) is 0. The van der Waals surface area contributed by atoms with Gasteiger partial charge in [-0.3, -0.25) is 4.79 Å². The molecule has 1 aliphatic carbocycles. The van der Waals surface area contributed by atoms with Crippen LogP contribution in [0.1, 0.15) is 30.1 Å². The molecular weight excluding hydrogens is 286 g/mol. The van der Waals surface area contributed by atoms with Gasteiger partial charge in [0.2, 0.25) is 0 Å². The van der Waals surface area contributed by atoms with Gasteiger partial charge in [0.05, 0.1) is 5.56 Å². The van der Waals surface area contributed by atoms with Gasteiger partial charge in [-0.05, 0) is 52.4 Å². The Kier molecular flexibility index (Phi) is 3.31. The summed E-state index contributed by atoms with van der Waals surface area (Å²) >= 11 is 7.60. The van der Waals surface area contributed by atoms with Gasteiger partial charge in [0.1, 0.15) is 0 Å². The maximum Gasteiger partial charge on any atom is 0.252 e. The normalized spacial score (nSPS) is 16.9. The number of thiol groups is 1. The smallest absolute Gasteiger partial charge is 0.252 e. The van der Waals surface area contributed by atoms with Crippen molar-refractivity contribution in [1.82, 2.24) is 5.32 Å². The fraction of sp³-hybridized carbons (Fsp3) is 0.417. The van der Waals surface area contributed by atoms with Gasteiger partial charge in [-0.25, -0.2) is 0 Å². The summed E-state index contributed by atoms with van der Waals surface area (Å²) in [5.41, 5.74) is 0.984. The Labute approximate surface area is 109 Å². The molecule has 0 spiro atoms. The van der Waals surface area contributed by atoms with Crippen molar-refractivity contribution < 1.29 is 4.79 Å². The van der Waals surface area contributed by atoms with Crippen molar-refractivity contribution in [2.75, 3.05) is 6.54 Å². The first kappa shape index (κ1) is 12.0. The third kappa shape index (κ3) is 2.80. The molecular formula is C12H14BrNOS. The molecule has 0 radical (unpaired) electrons. The van der Waals surface area contributed by atoms with Gasteiger partial charge in [0.25, 0.3) is 5.91 Å². The summed E-state index contributed by atoms with van der Waals surface area (Å²) in [6.07, 6.45) is 2.42. The average Bonchev–Trinajstić information content (AvgIpc) is 2.97. The number of rotatable bonds is 3. The molecule has 1 fully saturated rings. The summed E-state index contributed by atoms with van der Waals surface area (Å²) in [6, 6.07) is 5.47. The highest BCUT2D eigenvalue weighted by Crippen LogP contribution is 2.44. The average molecular weight is 300 g/mol. The summed E-state index contributed by atoms with van der Waals surface area (Å²) in [5, 5.41) is 2.97. The summed E-state index contributed by atoms with van der Waals surface area (Å²) < 4.78 is 0.809. The predicted molar refractivity (Wildman–Crippen MR) is 71.1 cm³/mol. The second-order valence-electron chi connectivity index (χ2n) is 4.66. The standard InChI is InChI=1S/C12H14BrNOS/c1-12(4-5-12)7-14-11(15)9-6-8(16)2-3-10(9)13/h2-3,6,16H,4-5,7H2,1H3,(H,14,15). The molecule has 2 nitrogen and oxygen atoms in total. The first-order valence-corrected chi connectivity index (χ1v) is 6.51. The maximum atomic E-state index is 11.9. The van der Waals surface area contributed by atoms with Crippen LogP contribution in [0.5, 0.6) is 0 Å². The minimum Gasteiger partial charge on any atom is -0.351 e. The van der Waals surface area contributed by atoms with Crippen LogP contribution in [-0.2, 0) is 0 Å². The van der Waals surface area contributed by atoms with E-state index >= 15 is 0 Å². The number of hydrogen-bond acceptors (Lipinski definition) is 2. The largest absolute Gasteiger partial charge is 0.351 e. The number of carbonyl (C=O) groups excluding carboxylic acids is 1. The number of amides is 1. The van der Waals surface area contributed by atoms with E-state index in [1.807, 2.05) is 12.1 Å².